The van der Waals surface area contributed by atoms with E-state index in [1.807, 2.05) is 0 Å². The minimum absolute atomic E-state index is 0.0716. The molecule has 160 valence electrons. The SMILES string of the molecule is CC(C)(C)[S+]([O-])NCC(O)(c1ccc(OC(F)(F)F)c(F)c1)c1ncccc1Br. The molecule has 0 radical (unpaired) electrons. The fraction of sp³-hybridized carbons (Fsp3) is 0.389. The lowest BCUT2D eigenvalue weighted by atomic mass is 9.89. The van der Waals surface area contributed by atoms with Crippen molar-refractivity contribution in [3.05, 3.63) is 58.1 Å². The zero-order chi connectivity index (χ0) is 22.0. The molecule has 2 atom stereocenters. The molecule has 0 aliphatic heterocycles. The average molecular weight is 499 g/mol. The maximum Gasteiger partial charge on any atom is 0.573 e. The summed E-state index contributed by atoms with van der Waals surface area (Å²) in [5, 5.41) is 11.4. The van der Waals surface area contributed by atoms with Crippen LogP contribution >= 0.6 is 15.9 Å². The number of rotatable bonds is 6. The molecule has 0 fully saturated rings. The zero-order valence-corrected chi connectivity index (χ0v) is 18.1. The fourth-order valence-corrected chi connectivity index (χ4v) is 3.72. The first kappa shape index (κ1) is 23.9. The van der Waals surface area contributed by atoms with Gasteiger partial charge >= 0.3 is 6.36 Å². The minimum atomic E-state index is -5.06. The Bertz CT molecular complexity index is 864. The second kappa shape index (κ2) is 8.76. The van der Waals surface area contributed by atoms with Crippen LogP contribution in [0.3, 0.4) is 0 Å². The number of aromatic nitrogens is 1. The monoisotopic (exact) mass is 498 g/mol. The Hall–Kier alpha value is -1.40. The lowest BCUT2D eigenvalue weighted by Gasteiger charge is -2.32. The Labute approximate surface area is 176 Å². The number of ether oxygens (including phenoxy) is 1. The first-order valence-electron chi connectivity index (χ1n) is 8.28. The van der Waals surface area contributed by atoms with Gasteiger partial charge in [-0.15, -0.1) is 17.9 Å². The normalized spacial score (nSPS) is 15.7. The van der Waals surface area contributed by atoms with Crippen LogP contribution in [0.4, 0.5) is 17.6 Å². The Morgan fingerprint density at radius 3 is 2.41 bits per heavy atom. The molecule has 11 heteroatoms. The van der Waals surface area contributed by atoms with Crippen molar-refractivity contribution in [2.45, 2.75) is 37.5 Å². The van der Waals surface area contributed by atoms with E-state index in [0.29, 0.717) is 4.47 Å². The van der Waals surface area contributed by atoms with Crippen LogP contribution in [0.5, 0.6) is 5.75 Å². The summed E-state index contributed by atoms with van der Waals surface area (Å²) in [7, 11) is 0. The van der Waals surface area contributed by atoms with Gasteiger partial charge in [-0.1, -0.05) is 6.07 Å². The summed E-state index contributed by atoms with van der Waals surface area (Å²) in [6.07, 6.45) is -3.67. The van der Waals surface area contributed by atoms with Crippen LogP contribution in [-0.2, 0) is 17.0 Å². The van der Waals surface area contributed by atoms with E-state index in [-0.39, 0.29) is 17.8 Å². The van der Waals surface area contributed by atoms with Gasteiger partial charge in [0.1, 0.15) is 10.3 Å². The van der Waals surface area contributed by atoms with Crippen molar-refractivity contribution in [1.82, 2.24) is 9.71 Å². The topological polar surface area (TPSA) is 77.4 Å². The van der Waals surface area contributed by atoms with Crippen molar-refractivity contribution in [1.29, 1.82) is 0 Å². The zero-order valence-electron chi connectivity index (χ0n) is 15.7. The summed E-state index contributed by atoms with van der Waals surface area (Å²) in [4.78, 5) is 4.11. The van der Waals surface area contributed by atoms with E-state index in [9.17, 15) is 27.2 Å². The van der Waals surface area contributed by atoms with E-state index in [4.69, 9.17) is 0 Å². The summed E-state index contributed by atoms with van der Waals surface area (Å²) in [6.45, 7) is 4.81. The molecule has 0 saturated carbocycles. The standard InChI is InChI=1S/C18H19BrF4N2O3S/c1-16(2,3)29(27)25-10-17(26,15-12(19)5-4-8-24-15)11-6-7-14(13(20)9-11)28-18(21,22)23/h4-9,25-26H,10H2,1-3H3. The molecule has 0 amide bonds. The molecular formula is C18H19BrF4N2O3S. The highest BCUT2D eigenvalue weighted by atomic mass is 79.9. The predicted octanol–water partition coefficient (Wildman–Crippen LogP) is 4.17. The number of pyridine rings is 1. The number of aliphatic hydroxyl groups is 1. The van der Waals surface area contributed by atoms with E-state index in [0.717, 1.165) is 18.2 Å². The van der Waals surface area contributed by atoms with Crippen LogP contribution in [0.15, 0.2) is 41.0 Å². The van der Waals surface area contributed by atoms with Crippen molar-refractivity contribution < 1.29 is 32.0 Å². The van der Waals surface area contributed by atoms with Gasteiger partial charge in [0, 0.05) is 22.0 Å². The van der Waals surface area contributed by atoms with E-state index < -0.39 is 39.6 Å². The second-order valence-corrected chi connectivity index (χ2v) is 9.99. The third-order valence-corrected chi connectivity index (χ3v) is 5.96. The third-order valence-electron chi connectivity index (χ3n) is 3.80. The molecule has 1 aromatic carbocycles. The number of alkyl halides is 3. The van der Waals surface area contributed by atoms with Crippen LogP contribution in [0.2, 0.25) is 0 Å². The molecule has 29 heavy (non-hydrogen) atoms. The summed E-state index contributed by atoms with van der Waals surface area (Å²) < 4.78 is 69.9. The molecule has 2 unspecified atom stereocenters. The van der Waals surface area contributed by atoms with Gasteiger partial charge in [0.05, 0.1) is 12.2 Å². The molecular weight excluding hydrogens is 480 g/mol. The molecule has 2 rings (SSSR count). The van der Waals surface area contributed by atoms with Crippen LogP contribution < -0.4 is 9.46 Å². The molecule has 5 nitrogen and oxygen atoms in total. The largest absolute Gasteiger partial charge is 0.598 e. The number of halogens is 5. The first-order chi connectivity index (χ1) is 13.2. The van der Waals surface area contributed by atoms with E-state index in [2.05, 4.69) is 30.4 Å². The molecule has 2 N–H and O–H groups in total. The van der Waals surface area contributed by atoms with Crippen molar-refractivity contribution >= 4 is 27.3 Å². The van der Waals surface area contributed by atoms with Gasteiger partial charge in [0.25, 0.3) is 0 Å². The molecule has 0 saturated heterocycles. The van der Waals surface area contributed by atoms with Crippen LogP contribution in [0.25, 0.3) is 0 Å². The number of nitrogens with zero attached hydrogens (tertiary/aromatic N) is 1. The molecule has 0 bridgehead atoms. The highest BCUT2D eigenvalue weighted by Gasteiger charge is 2.39. The Morgan fingerprint density at radius 1 is 1.24 bits per heavy atom. The summed E-state index contributed by atoms with van der Waals surface area (Å²) in [5.74, 6) is -2.35. The third kappa shape index (κ3) is 6.05. The van der Waals surface area contributed by atoms with Crippen LogP contribution in [-0.4, -0.2) is 32.3 Å². The van der Waals surface area contributed by atoms with Gasteiger partial charge in [-0.05, 0) is 66.5 Å². The quantitative estimate of drug-likeness (QED) is 0.461. The summed E-state index contributed by atoms with van der Waals surface area (Å²) >= 11 is 1.67. The van der Waals surface area contributed by atoms with E-state index >= 15 is 0 Å². The lowest BCUT2D eigenvalue weighted by Crippen LogP contribution is -2.47. The van der Waals surface area contributed by atoms with Crippen LogP contribution in [0, 0.1) is 5.82 Å². The smallest absolute Gasteiger partial charge is 0.573 e. The molecule has 0 spiro atoms. The van der Waals surface area contributed by atoms with Gasteiger partial charge in [0.15, 0.2) is 11.6 Å². The number of hydrogen-bond acceptors (Lipinski definition) is 5. The van der Waals surface area contributed by atoms with Gasteiger partial charge in [-0.25, -0.2) is 4.39 Å². The molecule has 1 aromatic heterocycles. The van der Waals surface area contributed by atoms with Crippen molar-refractivity contribution in [2.24, 2.45) is 0 Å². The number of benzene rings is 1. The molecule has 0 aliphatic rings. The van der Waals surface area contributed by atoms with Gasteiger partial charge < -0.3 is 14.4 Å². The lowest BCUT2D eigenvalue weighted by molar-refractivity contribution is -0.275. The summed E-state index contributed by atoms with van der Waals surface area (Å²) in [5.41, 5.74) is -2.02. The Balaban J connectivity index is 2.48. The average Bonchev–Trinajstić information content (AvgIpc) is 2.59. The highest BCUT2D eigenvalue weighted by molar-refractivity contribution is 9.10. The van der Waals surface area contributed by atoms with Crippen LogP contribution in [0.1, 0.15) is 32.0 Å². The molecule has 2 aromatic rings. The number of nitrogens with one attached hydrogen (secondary N) is 1. The second-order valence-electron chi connectivity index (χ2n) is 7.09. The van der Waals surface area contributed by atoms with E-state index in [1.54, 1.807) is 32.9 Å². The van der Waals surface area contributed by atoms with E-state index in [1.165, 1.54) is 6.20 Å². The fourth-order valence-electron chi connectivity index (χ4n) is 2.36. The first-order valence-corrected chi connectivity index (χ1v) is 10.2. The molecule has 1 heterocycles. The van der Waals surface area contributed by atoms with Crippen molar-refractivity contribution in [3.8, 4) is 5.75 Å². The maximum atomic E-state index is 14.3. The van der Waals surface area contributed by atoms with Gasteiger partial charge in [-0.2, -0.15) is 0 Å². The number of hydrogen-bond donors (Lipinski definition) is 2. The highest BCUT2D eigenvalue weighted by Crippen LogP contribution is 2.36. The predicted molar refractivity (Wildman–Crippen MR) is 104 cm³/mol. The maximum absolute atomic E-state index is 14.3. The molecule has 0 aliphatic carbocycles. The van der Waals surface area contributed by atoms with Gasteiger partial charge in [-0.3, -0.25) is 4.98 Å². The Kier molecular flexibility index (Phi) is 7.21. The van der Waals surface area contributed by atoms with Crippen molar-refractivity contribution in [2.75, 3.05) is 6.54 Å². The van der Waals surface area contributed by atoms with Gasteiger partial charge in [0.2, 0.25) is 0 Å². The summed E-state index contributed by atoms with van der Waals surface area (Å²) in [6, 6.07) is 5.76. The Morgan fingerprint density at radius 2 is 1.90 bits per heavy atom. The minimum Gasteiger partial charge on any atom is -0.598 e. The van der Waals surface area contributed by atoms with Crippen molar-refractivity contribution in [3.63, 3.8) is 0 Å².